The van der Waals surface area contributed by atoms with E-state index in [4.69, 9.17) is 9.47 Å². The largest absolute Gasteiger partial charge is 0.493 e. The number of ether oxygens (including phenoxy) is 2. The summed E-state index contributed by atoms with van der Waals surface area (Å²) < 4.78 is 19.1. The number of hydrogen-bond donors (Lipinski definition) is 1. The summed E-state index contributed by atoms with van der Waals surface area (Å²) in [5.41, 5.74) is 1.94. The molecule has 0 spiro atoms. The summed E-state index contributed by atoms with van der Waals surface area (Å²) in [5, 5.41) is 3.22. The van der Waals surface area contributed by atoms with E-state index < -0.39 is 6.04 Å². The van der Waals surface area contributed by atoms with Crippen molar-refractivity contribution in [2.24, 2.45) is 0 Å². The van der Waals surface area contributed by atoms with E-state index in [0.29, 0.717) is 30.0 Å². The summed E-state index contributed by atoms with van der Waals surface area (Å²) in [5.74, 6) is 0.506. The van der Waals surface area contributed by atoms with E-state index in [9.17, 15) is 9.59 Å². The van der Waals surface area contributed by atoms with E-state index in [1.54, 1.807) is 31.3 Å². The molecule has 0 radical (unpaired) electrons. The number of benzene rings is 2. The summed E-state index contributed by atoms with van der Waals surface area (Å²) in [7, 11) is 3.12. The number of nitrogens with one attached hydrogen (secondary N) is 1. The summed E-state index contributed by atoms with van der Waals surface area (Å²) in [6, 6.07) is 14.5. The third kappa shape index (κ3) is 6.20. The molecular weight excluding hydrogens is 476 g/mol. The first-order valence-corrected chi connectivity index (χ1v) is 13.0. The number of methoxy groups -OCH3 is 2. The first-order valence-electron chi connectivity index (χ1n) is 12.3. The van der Waals surface area contributed by atoms with Crippen molar-refractivity contribution in [3.63, 3.8) is 0 Å². The second-order valence-corrected chi connectivity index (χ2v) is 9.44. The lowest BCUT2D eigenvalue weighted by Crippen LogP contribution is -2.47. The van der Waals surface area contributed by atoms with Gasteiger partial charge in [-0.25, -0.2) is 0 Å². The van der Waals surface area contributed by atoms with Crippen LogP contribution in [-0.4, -0.2) is 52.3 Å². The molecule has 1 aliphatic rings. The number of rotatable bonds is 10. The Balaban J connectivity index is 1.72. The fourth-order valence-electron chi connectivity index (χ4n) is 4.67. The summed E-state index contributed by atoms with van der Waals surface area (Å²) >= 11 is 0.971. The molecule has 0 aliphatic heterocycles. The molecule has 9 heteroatoms. The first kappa shape index (κ1) is 25.6. The number of amides is 2. The van der Waals surface area contributed by atoms with Gasteiger partial charge < -0.3 is 19.7 Å². The van der Waals surface area contributed by atoms with Crippen molar-refractivity contribution in [3.8, 4) is 11.5 Å². The average molecular weight is 509 g/mol. The van der Waals surface area contributed by atoms with Crippen LogP contribution in [0, 0.1) is 0 Å². The van der Waals surface area contributed by atoms with Crippen molar-refractivity contribution in [3.05, 3.63) is 71.5 Å². The van der Waals surface area contributed by atoms with Crippen LogP contribution in [0.4, 0.5) is 0 Å². The van der Waals surface area contributed by atoms with Gasteiger partial charge in [0.15, 0.2) is 17.2 Å². The Morgan fingerprint density at radius 2 is 1.81 bits per heavy atom. The maximum Gasteiger partial charge on any atom is 0.276 e. The van der Waals surface area contributed by atoms with Crippen molar-refractivity contribution in [2.75, 3.05) is 20.8 Å². The molecule has 1 saturated carbocycles. The van der Waals surface area contributed by atoms with Crippen molar-refractivity contribution in [1.29, 1.82) is 0 Å². The summed E-state index contributed by atoms with van der Waals surface area (Å²) in [6.45, 7) is 0.331. The van der Waals surface area contributed by atoms with Gasteiger partial charge in [-0.15, -0.1) is 0 Å². The van der Waals surface area contributed by atoms with Crippen LogP contribution in [0.2, 0.25) is 0 Å². The van der Waals surface area contributed by atoms with Crippen molar-refractivity contribution in [2.45, 2.75) is 50.6 Å². The third-order valence-electron chi connectivity index (χ3n) is 6.56. The number of carbonyl (C=O) groups excluding carboxylic acids is 2. The minimum absolute atomic E-state index is 0.0981. The van der Waals surface area contributed by atoms with Gasteiger partial charge >= 0.3 is 0 Å². The van der Waals surface area contributed by atoms with Gasteiger partial charge in [0, 0.05) is 12.6 Å². The van der Waals surface area contributed by atoms with Gasteiger partial charge in [-0.1, -0.05) is 55.7 Å². The molecule has 190 valence electrons. The molecule has 4 rings (SSSR count). The zero-order valence-corrected chi connectivity index (χ0v) is 21.5. The van der Waals surface area contributed by atoms with Crippen LogP contribution in [0.5, 0.6) is 11.5 Å². The highest BCUT2D eigenvalue weighted by molar-refractivity contribution is 6.99. The van der Waals surface area contributed by atoms with Gasteiger partial charge in [0.05, 0.1) is 32.1 Å². The van der Waals surface area contributed by atoms with Crippen LogP contribution in [0.15, 0.2) is 54.7 Å². The predicted octanol–water partition coefficient (Wildman–Crippen LogP) is 4.43. The van der Waals surface area contributed by atoms with Gasteiger partial charge in [-0.05, 0) is 42.5 Å². The van der Waals surface area contributed by atoms with E-state index in [1.165, 1.54) is 12.6 Å². The Hall–Kier alpha value is -3.46. The Bertz CT molecular complexity index is 1130. The molecule has 1 atom stereocenters. The molecule has 2 aromatic carbocycles. The van der Waals surface area contributed by atoms with Crippen LogP contribution >= 0.6 is 11.7 Å². The van der Waals surface area contributed by atoms with Gasteiger partial charge in [0.2, 0.25) is 5.91 Å². The molecule has 2 amide bonds. The summed E-state index contributed by atoms with van der Waals surface area (Å²) in [6.07, 6.45) is 7.29. The zero-order valence-electron chi connectivity index (χ0n) is 20.7. The molecule has 8 nitrogen and oxygen atoms in total. The molecule has 0 saturated heterocycles. The van der Waals surface area contributed by atoms with Gasteiger partial charge in [0.25, 0.3) is 5.91 Å². The molecule has 1 aliphatic carbocycles. The first-order chi connectivity index (χ1) is 17.6. The highest BCUT2D eigenvalue weighted by Crippen LogP contribution is 2.33. The molecule has 0 bridgehead atoms. The second-order valence-electron chi connectivity index (χ2n) is 8.89. The highest BCUT2D eigenvalue weighted by Gasteiger charge is 2.34. The van der Waals surface area contributed by atoms with Crippen LogP contribution < -0.4 is 14.8 Å². The second kappa shape index (κ2) is 12.5. The van der Waals surface area contributed by atoms with Crippen LogP contribution in [0.1, 0.15) is 59.8 Å². The van der Waals surface area contributed by atoms with Crippen LogP contribution in [0.25, 0.3) is 0 Å². The van der Waals surface area contributed by atoms with Gasteiger partial charge in [0.1, 0.15) is 6.04 Å². The van der Waals surface area contributed by atoms with E-state index >= 15 is 0 Å². The maximum atomic E-state index is 13.9. The normalized spacial score (nSPS) is 14.6. The Morgan fingerprint density at radius 1 is 1.06 bits per heavy atom. The SMILES string of the molecule is COc1ccc(C(C(=O)NC2CCCCC2)N(CCc2ccccc2)C(=O)c2cnsn2)cc1OC. The smallest absolute Gasteiger partial charge is 0.276 e. The molecule has 1 heterocycles. The quantitative estimate of drug-likeness (QED) is 0.436. The third-order valence-corrected chi connectivity index (χ3v) is 7.04. The number of carbonyl (C=O) groups is 2. The number of nitrogens with zero attached hydrogens (tertiary/aromatic N) is 3. The molecule has 1 N–H and O–H groups in total. The molecule has 1 unspecified atom stereocenters. The van der Waals surface area contributed by atoms with Crippen LogP contribution in [0.3, 0.4) is 0 Å². The fourth-order valence-corrected chi connectivity index (χ4v) is 5.08. The molecule has 1 fully saturated rings. The topological polar surface area (TPSA) is 93.7 Å². The Labute approximate surface area is 216 Å². The lowest BCUT2D eigenvalue weighted by Gasteiger charge is -2.33. The fraction of sp³-hybridized carbons (Fsp3) is 0.407. The molecule has 36 heavy (non-hydrogen) atoms. The van der Waals surface area contributed by atoms with Crippen molar-refractivity contribution in [1.82, 2.24) is 19.0 Å². The van der Waals surface area contributed by atoms with Crippen molar-refractivity contribution < 1.29 is 19.1 Å². The minimum Gasteiger partial charge on any atom is -0.493 e. The van der Waals surface area contributed by atoms with E-state index in [0.717, 1.165) is 43.0 Å². The lowest BCUT2D eigenvalue weighted by molar-refractivity contribution is -0.126. The highest BCUT2D eigenvalue weighted by atomic mass is 32.1. The van der Waals surface area contributed by atoms with E-state index in [2.05, 4.69) is 14.1 Å². The zero-order chi connectivity index (χ0) is 25.3. The van der Waals surface area contributed by atoms with E-state index in [-0.39, 0.29) is 23.6 Å². The lowest BCUT2D eigenvalue weighted by atomic mass is 9.94. The maximum absolute atomic E-state index is 13.9. The van der Waals surface area contributed by atoms with Gasteiger partial charge in [-0.3, -0.25) is 9.59 Å². The number of hydrogen-bond acceptors (Lipinski definition) is 7. The van der Waals surface area contributed by atoms with Crippen LogP contribution in [-0.2, 0) is 11.2 Å². The van der Waals surface area contributed by atoms with Gasteiger partial charge in [-0.2, -0.15) is 8.75 Å². The standard InChI is InChI=1S/C27H32N4O4S/c1-34-23-14-13-20(17-24(23)35-2)25(26(32)29-21-11-7-4-8-12-21)31(27(33)22-18-28-36-30-22)16-15-19-9-5-3-6-10-19/h3,5-6,9-10,13-14,17-18,21,25H,4,7-8,11-12,15-16H2,1-2H3,(H,29,32). The molecule has 1 aromatic heterocycles. The monoisotopic (exact) mass is 508 g/mol. The molecule has 3 aromatic rings. The van der Waals surface area contributed by atoms with Crippen molar-refractivity contribution >= 4 is 23.5 Å². The molecular formula is C27H32N4O4S. The Morgan fingerprint density at radius 3 is 2.47 bits per heavy atom. The number of aromatic nitrogens is 2. The summed E-state index contributed by atoms with van der Waals surface area (Å²) in [4.78, 5) is 29.2. The Kier molecular flexibility index (Phi) is 8.89. The predicted molar refractivity (Wildman–Crippen MR) is 138 cm³/mol. The van der Waals surface area contributed by atoms with E-state index in [1.807, 2.05) is 36.4 Å². The minimum atomic E-state index is -0.871. The average Bonchev–Trinajstić information content (AvgIpc) is 3.46.